The summed E-state index contributed by atoms with van der Waals surface area (Å²) in [6, 6.07) is 14.8. The maximum atomic E-state index is 12.2. The van der Waals surface area contributed by atoms with Crippen LogP contribution in [0, 0.1) is 6.92 Å². The number of carbonyl (C=O) groups excluding carboxylic acids is 1. The lowest BCUT2D eigenvalue weighted by Crippen LogP contribution is -2.26. The summed E-state index contributed by atoms with van der Waals surface area (Å²) in [4.78, 5) is 15.3. The van der Waals surface area contributed by atoms with Gasteiger partial charge in [-0.2, -0.15) is 0 Å². The van der Waals surface area contributed by atoms with E-state index in [1.165, 1.54) is 12.8 Å². The largest absolute Gasteiger partial charge is 0.423 e. The monoisotopic (exact) mass is 325 g/mol. The van der Waals surface area contributed by atoms with Gasteiger partial charge < -0.3 is 9.64 Å². The number of thiocarbonyl (C=S) groups is 1. The highest BCUT2D eigenvalue weighted by Gasteiger charge is 2.16. The van der Waals surface area contributed by atoms with Crippen LogP contribution in [0.3, 0.4) is 0 Å². The SMILES string of the molecule is Cc1ccccc1C(=O)Oc1ccc(C(=S)N2CCCC2)cc1. The molecule has 0 radical (unpaired) electrons. The highest BCUT2D eigenvalue weighted by atomic mass is 32.1. The quantitative estimate of drug-likeness (QED) is 0.485. The van der Waals surface area contributed by atoms with Crippen molar-refractivity contribution in [2.75, 3.05) is 13.1 Å². The third kappa shape index (κ3) is 3.59. The van der Waals surface area contributed by atoms with Gasteiger partial charge in [0.25, 0.3) is 0 Å². The Kier molecular flexibility index (Phi) is 4.72. The number of aryl methyl sites for hydroxylation is 1. The molecule has 1 fully saturated rings. The average molecular weight is 325 g/mol. The van der Waals surface area contributed by atoms with Crippen molar-refractivity contribution in [1.29, 1.82) is 0 Å². The van der Waals surface area contributed by atoms with E-state index in [2.05, 4.69) is 4.90 Å². The minimum absolute atomic E-state index is 0.335. The average Bonchev–Trinajstić information content (AvgIpc) is 3.09. The minimum Gasteiger partial charge on any atom is -0.423 e. The van der Waals surface area contributed by atoms with Gasteiger partial charge in [-0.3, -0.25) is 0 Å². The van der Waals surface area contributed by atoms with Crippen molar-refractivity contribution in [3.8, 4) is 5.75 Å². The van der Waals surface area contributed by atoms with Crippen LogP contribution in [-0.4, -0.2) is 28.9 Å². The second kappa shape index (κ2) is 6.92. The van der Waals surface area contributed by atoms with E-state index in [-0.39, 0.29) is 5.97 Å². The van der Waals surface area contributed by atoms with Gasteiger partial charge in [-0.25, -0.2) is 4.79 Å². The standard InChI is InChI=1S/C19H19NO2S/c1-14-6-2-3-7-17(14)19(21)22-16-10-8-15(9-11-16)18(23)20-12-4-5-13-20/h2-3,6-11H,4-5,12-13H2,1H3. The van der Waals surface area contributed by atoms with Crippen LogP contribution in [0.2, 0.25) is 0 Å². The minimum atomic E-state index is -0.335. The number of nitrogens with zero attached hydrogens (tertiary/aromatic N) is 1. The highest BCUT2D eigenvalue weighted by molar-refractivity contribution is 7.80. The molecule has 0 N–H and O–H groups in total. The van der Waals surface area contributed by atoms with Gasteiger partial charge >= 0.3 is 5.97 Å². The third-order valence-corrected chi connectivity index (χ3v) is 4.56. The van der Waals surface area contributed by atoms with Gasteiger partial charge in [-0.15, -0.1) is 0 Å². The predicted octanol–water partition coefficient (Wildman–Crippen LogP) is 3.99. The first-order valence-electron chi connectivity index (χ1n) is 7.82. The fourth-order valence-electron chi connectivity index (χ4n) is 2.73. The Labute approximate surface area is 141 Å². The maximum absolute atomic E-state index is 12.2. The molecule has 2 aromatic carbocycles. The molecular weight excluding hydrogens is 306 g/mol. The fraction of sp³-hybridized carbons (Fsp3) is 0.263. The molecule has 4 heteroatoms. The zero-order valence-electron chi connectivity index (χ0n) is 13.1. The lowest BCUT2D eigenvalue weighted by Gasteiger charge is -2.18. The summed E-state index contributed by atoms with van der Waals surface area (Å²) in [5.41, 5.74) is 2.49. The van der Waals surface area contributed by atoms with E-state index in [0.29, 0.717) is 11.3 Å². The lowest BCUT2D eigenvalue weighted by molar-refractivity contribution is 0.0734. The first kappa shape index (κ1) is 15.7. The molecule has 0 aliphatic carbocycles. The Morgan fingerprint density at radius 2 is 1.70 bits per heavy atom. The van der Waals surface area contributed by atoms with Crippen LogP contribution in [0.25, 0.3) is 0 Å². The van der Waals surface area contributed by atoms with E-state index in [4.69, 9.17) is 17.0 Å². The molecule has 0 amide bonds. The molecule has 0 spiro atoms. The maximum Gasteiger partial charge on any atom is 0.343 e. The van der Waals surface area contributed by atoms with E-state index in [1.807, 2.05) is 37.3 Å². The van der Waals surface area contributed by atoms with Crippen LogP contribution in [0.5, 0.6) is 5.75 Å². The summed E-state index contributed by atoms with van der Waals surface area (Å²) >= 11 is 5.52. The Morgan fingerprint density at radius 3 is 2.35 bits per heavy atom. The molecule has 1 heterocycles. The van der Waals surface area contributed by atoms with Crippen molar-refractivity contribution in [3.63, 3.8) is 0 Å². The molecule has 0 aromatic heterocycles. The molecule has 1 saturated heterocycles. The third-order valence-electron chi connectivity index (χ3n) is 4.07. The lowest BCUT2D eigenvalue weighted by atomic mass is 10.1. The number of hydrogen-bond donors (Lipinski definition) is 0. The van der Waals surface area contributed by atoms with E-state index in [0.717, 1.165) is 29.2 Å². The Bertz CT molecular complexity index is 718. The number of benzene rings is 2. The predicted molar refractivity (Wildman–Crippen MR) is 95.1 cm³/mol. The number of rotatable bonds is 3. The smallest absolute Gasteiger partial charge is 0.343 e. The van der Waals surface area contributed by atoms with E-state index < -0.39 is 0 Å². The van der Waals surface area contributed by atoms with Crippen molar-refractivity contribution in [3.05, 3.63) is 65.2 Å². The summed E-state index contributed by atoms with van der Waals surface area (Å²) < 4.78 is 5.45. The zero-order chi connectivity index (χ0) is 16.2. The molecule has 0 unspecified atom stereocenters. The first-order valence-corrected chi connectivity index (χ1v) is 8.23. The van der Waals surface area contributed by atoms with Crippen molar-refractivity contribution < 1.29 is 9.53 Å². The van der Waals surface area contributed by atoms with Gasteiger partial charge in [0.05, 0.1) is 5.56 Å². The highest BCUT2D eigenvalue weighted by Crippen LogP contribution is 2.19. The molecular formula is C19H19NO2S. The van der Waals surface area contributed by atoms with Crippen molar-refractivity contribution in [1.82, 2.24) is 4.90 Å². The fourth-order valence-corrected chi connectivity index (χ4v) is 3.05. The van der Waals surface area contributed by atoms with Gasteiger partial charge in [-0.1, -0.05) is 30.4 Å². The Morgan fingerprint density at radius 1 is 1.04 bits per heavy atom. The van der Waals surface area contributed by atoms with Crippen LogP contribution >= 0.6 is 12.2 Å². The molecule has 23 heavy (non-hydrogen) atoms. The van der Waals surface area contributed by atoms with Gasteiger partial charge in [0, 0.05) is 18.7 Å². The molecule has 3 nitrogen and oxygen atoms in total. The molecule has 0 saturated carbocycles. The summed E-state index contributed by atoms with van der Waals surface area (Å²) in [6.45, 7) is 3.96. The van der Waals surface area contributed by atoms with Crippen molar-refractivity contribution >= 4 is 23.2 Å². The van der Waals surface area contributed by atoms with Crippen molar-refractivity contribution in [2.24, 2.45) is 0 Å². The second-order valence-corrected chi connectivity index (χ2v) is 6.11. The number of ether oxygens (including phenoxy) is 1. The number of hydrogen-bond acceptors (Lipinski definition) is 3. The Hall–Kier alpha value is -2.20. The van der Waals surface area contributed by atoms with E-state index in [1.54, 1.807) is 18.2 Å². The molecule has 118 valence electrons. The van der Waals surface area contributed by atoms with Crippen LogP contribution in [-0.2, 0) is 0 Å². The summed E-state index contributed by atoms with van der Waals surface area (Å²) in [5.74, 6) is 0.198. The molecule has 1 aliphatic heterocycles. The van der Waals surface area contributed by atoms with Crippen molar-refractivity contribution in [2.45, 2.75) is 19.8 Å². The van der Waals surface area contributed by atoms with Crippen LogP contribution in [0.15, 0.2) is 48.5 Å². The first-order chi connectivity index (χ1) is 11.1. The van der Waals surface area contributed by atoms with Crippen LogP contribution in [0.4, 0.5) is 0 Å². The molecule has 2 aromatic rings. The Balaban J connectivity index is 1.69. The van der Waals surface area contributed by atoms with Gasteiger partial charge in [-0.05, 0) is 55.7 Å². The van der Waals surface area contributed by atoms with E-state index in [9.17, 15) is 4.79 Å². The van der Waals surface area contributed by atoms with Crippen LogP contribution < -0.4 is 4.74 Å². The topological polar surface area (TPSA) is 29.5 Å². The molecule has 1 aliphatic rings. The summed E-state index contributed by atoms with van der Waals surface area (Å²) in [5, 5.41) is 0. The molecule has 3 rings (SSSR count). The normalized spacial score (nSPS) is 13.9. The summed E-state index contributed by atoms with van der Waals surface area (Å²) in [6.07, 6.45) is 2.40. The number of likely N-dealkylation sites (tertiary alicyclic amines) is 1. The summed E-state index contributed by atoms with van der Waals surface area (Å²) in [7, 11) is 0. The second-order valence-electron chi connectivity index (χ2n) is 5.73. The zero-order valence-corrected chi connectivity index (χ0v) is 13.9. The van der Waals surface area contributed by atoms with Gasteiger partial charge in [0.1, 0.15) is 10.7 Å². The molecule has 0 atom stereocenters. The number of carbonyl (C=O) groups is 1. The van der Waals surface area contributed by atoms with Crippen LogP contribution in [0.1, 0.15) is 34.3 Å². The van der Waals surface area contributed by atoms with Gasteiger partial charge in [0.15, 0.2) is 0 Å². The van der Waals surface area contributed by atoms with Gasteiger partial charge in [0.2, 0.25) is 0 Å². The number of esters is 1. The van der Waals surface area contributed by atoms with E-state index >= 15 is 0 Å². The molecule has 0 bridgehead atoms.